The van der Waals surface area contributed by atoms with Crippen LogP contribution in [0.1, 0.15) is 20.9 Å². The largest absolute Gasteiger partial charge is 0.451 e. The Morgan fingerprint density at radius 1 is 0.857 bits per heavy atom. The lowest BCUT2D eigenvalue weighted by Crippen LogP contribution is -2.50. The topological polar surface area (TPSA) is 57.0 Å². The molecule has 2 aromatic carbocycles. The number of nitrogens with zero attached hydrogens (tertiary/aromatic N) is 3. The van der Waals surface area contributed by atoms with Crippen LogP contribution < -0.4 is 4.90 Å². The summed E-state index contributed by atoms with van der Waals surface area (Å²) >= 11 is 0. The van der Waals surface area contributed by atoms with Crippen LogP contribution in [-0.4, -0.2) is 61.9 Å². The molecule has 0 saturated carbocycles. The second kappa shape index (κ2) is 7.38. The van der Waals surface area contributed by atoms with Gasteiger partial charge in [-0.1, -0.05) is 18.2 Å². The van der Waals surface area contributed by atoms with Crippen molar-refractivity contribution in [1.29, 1.82) is 0 Å². The highest BCUT2D eigenvalue weighted by Gasteiger charge is 2.27. The molecule has 2 heterocycles. The van der Waals surface area contributed by atoms with E-state index in [2.05, 4.69) is 0 Å². The van der Waals surface area contributed by atoms with E-state index in [1.807, 2.05) is 67.5 Å². The highest BCUT2D eigenvalue weighted by molar-refractivity contribution is 5.97. The van der Waals surface area contributed by atoms with Crippen LogP contribution in [0.2, 0.25) is 0 Å². The summed E-state index contributed by atoms with van der Waals surface area (Å²) < 4.78 is 5.68. The molecule has 0 N–H and O–H groups in total. The number of anilines is 1. The first-order valence-electron chi connectivity index (χ1n) is 9.37. The highest BCUT2D eigenvalue weighted by atomic mass is 16.3. The Morgan fingerprint density at radius 2 is 1.46 bits per heavy atom. The Kier molecular flexibility index (Phi) is 4.77. The summed E-state index contributed by atoms with van der Waals surface area (Å²) in [5.74, 6) is 0.222. The van der Waals surface area contributed by atoms with Crippen molar-refractivity contribution in [2.45, 2.75) is 0 Å². The minimum atomic E-state index is -0.126. The number of benzene rings is 2. The van der Waals surface area contributed by atoms with Gasteiger partial charge in [-0.3, -0.25) is 9.59 Å². The lowest BCUT2D eigenvalue weighted by Gasteiger charge is -2.34. The van der Waals surface area contributed by atoms with Crippen molar-refractivity contribution in [2.75, 3.05) is 45.2 Å². The van der Waals surface area contributed by atoms with E-state index in [4.69, 9.17) is 4.42 Å². The van der Waals surface area contributed by atoms with Gasteiger partial charge in [0.2, 0.25) is 0 Å². The number of piperazine rings is 1. The van der Waals surface area contributed by atoms with Crippen molar-refractivity contribution >= 4 is 28.5 Å². The Bertz CT molecular complexity index is 966. The standard InChI is InChI=1S/C22H23N3O3/c1-23(2)18-9-7-16(8-10-18)21(26)24-11-13-25(14-12-24)22(27)20-15-17-5-3-4-6-19(17)28-20/h3-10,15H,11-14H2,1-2H3. The van der Waals surface area contributed by atoms with Crippen molar-refractivity contribution < 1.29 is 14.0 Å². The van der Waals surface area contributed by atoms with Crippen molar-refractivity contribution in [3.8, 4) is 0 Å². The van der Waals surface area contributed by atoms with E-state index < -0.39 is 0 Å². The average Bonchev–Trinajstić information content (AvgIpc) is 3.17. The summed E-state index contributed by atoms with van der Waals surface area (Å²) in [5.41, 5.74) is 2.43. The minimum Gasteiger partial charge on any atom is -0.451 e. The summed E-state index contributed by atoms with van der Waals surface area (Å²) in [4.78, 5) is 31.0. The fourth-order valence-electron chi connectivity index (χ4n) is 3.44. The molecule has 0 aliphatic carbocycles. The maximum absolute atomic E-state index is 12.7. The molecule has 28 heavy (non-hydrogen) atoms. The molecule has 1 saturated heterocycles. The number of rotatable bonds is 3. The molecule has 3 aromatic rings. The third-order valence-electron chi connectivity index (χ3n) is 5.12. The van der Waals surface area contributed by atoms with Crippen LogP contribution in [0.15, 0.2) is 59.0 Å². The van der Waals surface area contributed by atoms with Crippen LogP contribution in [0, 0.1) is 0 Å². The molecule has 0 atom stereocenters. The van der Waals surface area contributed by atoms with Gasteiger partial charge in [0.15, 0.2) is 5.76 Å². The predicted molar refractivity (Wildman–Crippen MR) is 109 cm³/mol. The van der Waals surface area contributed by atoms with Crippen molar-refractivity contribution in [2.24, 2.45) is 0 Å². The van der Waals surface area contributed by atoms with E-state index in [0.717, 1.165) is 11.1 Å². The van der Waals surface area contributed by atoms with E-state index in [1.165, 1.54) is 0 Å². The molecule has 0 radical (unpaired) electrons. The second-order valence-electron chi connectivity index (χ2n) is 7.17. The number of fused-ring (bicyclic) bond motifs is 1. The molecule has 6 nitrogen and oxygen atoms in total. The van der Waals surface area contributed by atoms with Gasteiger partial charge in [0, 0.05) is 56.9 Å². The molecule has 6 heteroatoms. The van der Waals surface area contributed by atoms with Crippen LogP contribution in [0.3, 0.4) is 0 Å². The highest BCUT2D eigenvalue weighted by Crippen LogP contribution is 2.21. The lowest BCUT2D eigenvalue weighted by molar-refractivity contribution is 0.0519. The monoisotopic (exact) mass is 377 g/mol. The number of furan rings is 1. The van der Waals surface area contributed by atoms with E-state index in [-0.39, 0.29) is 11.8 Å². The zero-order valence-corrected chi connectivity index (χ0v) is 16.1. The van der Waals surface area contributed by atoms with Crippen LogP contribution in [0.5, 0.6) is 0 Å². The van der Waals surface area contributed by atoms with Crippen LogP contribution in [0.4, 0.5) is 5.69 Å². The molecule has 1 aromatic heterocycles. The second-order valence-corrected chi connectivity index (χ2v) is 7.17. The summed E-state index contributed by atoms with van der Waals surface area (Å²) in [7, 11) is 3.93. The molecule has 0 spiro atoms. The van der Waals surface area contributed by atoms with Gasteiger partial charge in [0.25, 0.3) is 11.8 Å². The first-order valence-corrected chi connectivity index (χ1v) is 9.37. The van der Waals surface area contributed by atoms with E-state index in [9.17, 15) is 9.59 Å². The average molecular weight is 377 g/mol. The van der Waals surface area contributed by atoms with Gasteiger partial charge in [0.1, 0.15) is 5.58 Å². The Balaban J connectivity index is 1.39. The van der Waals surface area contributed by atoms with E-state index in [1.54, 1.807) is 15.9 Å². The zero-order chi connectivity index (χ0) is 19.7. The van der Waals surface area contributed by atoms with Gasteiger partial charge in [0.05, 0.1) is 0 Å². The van der Waals surface area contributed by atoms with E-state index in [0.29, 0.717) is 43.1 Å². The van der Waals surface area contributed by atoms with Crippen molar-refractivity contribution in [3.05, 3.63) is 65.9 Å². The van der Waals surface area contributed by atoms with E-state index >= 15 is 0 Å². The molecule has 0 bridgehead atoms. The maximum atomic E-state index is 12.7. The molecular formula is C22H23N3O3. The Hall–Kier alpha value is -3.28. The molecule has 1 aliphatic rings. The van der Waals surface area contributed by atoms with Crippen molar-refractivity contribution in [3.63, 3.8) is 0 Å². The number of carbonyl (C=O) groups is 2. The zero-order valence-electron chi connectivity index (χ0n) is 16.1. The molecule has 0 unspecified atom stereocenters. The van der Waals surface area contributed by atoms with Gasteiger partial charge in [-0.05, 0) is 36.4 Å². The summed E-state index contributed by atoms with van der Waals surface area (Å²) in [6, 6.07) is 16.9. The molecule has 4 rings (SSSR count). The number of hydrogen-bond acceptors (Lipinski definition) is 4. The maximum Gasteiger partial charge on any atom is 0.289 e. The normalized spacial score (nSPS) is 14.4. The number of para-hydroxylation sites is 1. The van der Waals surface area contributed by atoms with Crippen LogP contribution in [-0.2, 0) is 0 Å². The molecule has 144 valence electrons. The molecule has 1 fully saturated rings. The first kappa shape index (κ1) is 18.1. The van der Waals surface area contributed by atoms with Gasteiger partial charge in [-0.15, -0.1) is 0 Å². The summed E-state index contributed by atoms with van der Waals surface area (Å²) in [6.45, 7) is 2.02. The summed E-state index contributed by atoms with van der Waals surface area (Å²) in [5, 5.41) is 0.917. The third kappa shape index (κ3) is 3.45. The Morgan fingerprint density at radius 3 is 2.07 bits per heavy atom. The van der Waals surface area contributed by atoms with Gasteiger partial charge >= 0.3 is 0 Å². The summed E-state index contributed by atoms with van der Waals surface area (Å²) in [6.07, 6.45) is 0. The number of amides is 2. The van der Waals surface area contributed by atoms with Gasteiger partial charge in [-0.25, -0.2) is 0 Å². The number of hydrogen-bond donors (Lipinski definition) is 0. The number of carbonyl (C=O) groups excluding carboxylic acids is 2. The van der Waals surface area contributed by atoms with Gasteiger partial charge in [-0.2, -0.15) is 0 Å². The van der Waals surface area contributed by atoms with Crippen LogP contribution >= 0.6 is 0 Å². The smallest absolute Gasteiger partial charge is 0.289 e. The first-order chi connectivity index (χ1) is 13.5. The third-order valence-corrected chi connectivity index (χ3v) is 5.12. The minimum absolute atomic E-state index is 0.00106. The van der Waals surface area contributed by atoms with Crippen molar-refractivity contribution in [1.82, 2.24) is 9.80 Å². The molecular weight excluding hydrogens is 354 g/mol. The molecule has 1 aliphatic heterocycles. The quantitative estimate of drug-likeness (QED) is 0.704. The SMILES string of the molecule is CN(C)c1ccc(C(=O)N2CCN(C(=O)c3cc4ccccc4o3)CC2)cc1. The fraction of sp³-hybridized carbons (Fsp3) is 0.273. The Labute approximate surface area is 163 Å². The predicted octanol–water partition coefficient (Wildman–Crippen LogP) is 3.10. The van der Waals surface area contributed by atoms with Gasteiger partial charge < -0.3 is 19.1 Å². The molecule has 2 amide bonds. The lowest BCUT2D eigenvalue weighted by atomic mass is 10.1. The fourth-order valence-corrected chi connectivity index (χ4v) is 3.44. The van der Waals surface area contributed by atoms with Crippen LogP contribution in [0.25, 0.3) is 11.0 Å².